The Morgan fingerprint density at radius 3 is 2.41 bits per heavy atom. The summed E-state index contributed by atoms with van der Waals surface area (Å²) in [5.74, 6) is 0.426. The van der Waals surface area contributed by atoms with Gasteiger partial charge in [-0.05, 0) is 50.1 Å². The number of nitrogens with one attached hydrogen (secondary N) is 2. The number of carbonyl (C=O) groups excluding carboxylic acids is 1. The maximum Gasteiger partial charge on any atom is 0.243 e. The number of carbonyl (C=O) groups is 1. The fraction of sp³-hybridized carbons (Fsp3) is 0.231. The second-order valence-electron chi connectivity index (χ2n) is 8.66. The van der Waals surface area contributed by atoms with E-state index in [4.69, 9.17) is 0 Å². The number of sulfonamides is 1. The van der Waals surface area contributed by atoms with Crippen LogP contribution in [-0.2, 0) is 14.8 Å². The van der Waals surface area contributed by atoms with Crippen molar-refractivity contribution in [3.05, 3.63) is 78.4 Å². The zero-order valence-electron chi connectivity index (χ0n) is 18.9. The highest BCUT2D eigenvalue weighted by molar-refractivity contribution is 7.89. The molecule has 0 unspecified atom stereocenters. The van der Waals surface area contributed by atoms with Crippen LogP contribution in [0.1, 0.15) is 18.4 Å². The van der Waals surface area contributed by atoms with Gasteiger partial charge in [-0.1, -0.05) is 48.0 Å². The summed E-state index contributed by atoms with van der Waals surface area (Å²) < 4.78 is 28.1. The number of benzene rings is 3. The van der Waals surface area contributed by atoms with Crippen molar-refractivity contribution in [2.24, 2.45) is 5.92 Å². The highest BCUT2D eigenvalue weighted by Gasteiger charge is 2.32. The van der Waals surface area contributed by atoms with Gasteiger partial charge < -0.3 is 10.3 Å². The first kappa shape index (κ1) is 22.3. The number of hydrogen-bond donors (Lipinski definition) is 2. The fourth-order valence-electron chi connectivity index (χ4n) is 4.27. The standard InChI is InChI=1S/C26H26N4O3S/c1-18-7-9-21(10-8-18)27-26(31)20-13-15-30(16-14-20)34(32,33)22-11-12-23-24(17-22)29-25(28-23)19-5-3-2-4-6-19/h2-12,17,20H,13-16H2,1H3,(H,27,31)(H,28,29). The van der Waals surface area contributed by atoms with Gasteiger partial charge in [-0.3, -0.25) is 4.79 Å². The van der Waals surface area contributed by atoms with E-state index < -0.39 is 10.0 Å². The van der Waals surface area contributed by atoms with Crippen LogP contribution in [0.3, 0.4) is 0 Å². The molecule has 1 saturated heterocycles. The second-order valence-corrected chi connectivity index (χ2v) is 10.6. The van der Waals surface area contributed by atoms with Crippen molar-refractivity contribution in [2.75, 3.05) is 18.4 Å². The summed E-state index contributed by atoms with van der Waals surface area (Å²) in [4.78, 5) is 20.7. The van der Waals surface area contributed by atoms with Crippen LogP contribution in [0.15, 0.2) is 77.7 Å². The van der Waals surface area contributed by atoms with E-state index >= 15 is 0 Å². The van der Waals surface area contributed by atoms with Gasteiger partial charge in [-0.15, -0.1) is 0 Å². The number of rotatable bonds is 5. The van der Waals surface area contributed by atoms with Gasteiger partial charge in [0.25, 0.3) is 0 Å². The maximum atomic E-state index is 13.3. The molecule has 0 atom stereocenters. The van der Waals surface area contributed by atoms with Crippen LogP contribution in [0.5, 0.6) is 0 Å². The van der Waals surface area contributed by atoms with Crippen LogP contribution >= 0.6 is 0 Å². The molecule has 34 heavy (non-hydrogen) atoms. The summed E-state index contributed by atoms with van der Waals surface area (Å²) in [6.07, 6.45) is 0.975. The Morgan fingerprint density at radius 1 is 1.00 bits per heavy atom. The largest absolute Gasteiger partial charge is 0.338 e. The molecule has 7 nitrogen and oxygen atoms in total. The molecule has 2 N–H and O–H groups in total. The number of piperidine rings is 1. The number of aryl methyl sites for hydroxylation is 1. The minimum Gasteiger partial charge on any atom is -0.338 e. The molecule has 1 fully saturated rings. The molecule has 0 radical (unpaired) electrons. The van der Waals surface area contributed by atoms with Crippen LogP contribution in [-0.4, -0.2) is 41.7 Å². The zero-order chi connectivity index (χ0) is 23.7. The van der Waals surface area contributed by atoms with Gasteiger partial charge in [0.05, 0.1) is 15.9 Å². The summed E-state index contributed by atoms with van der Waals surface area (Å²) in [5, 5.41) is 2.94. The average Bonchev–Trinajstić information content (AvgIpc) is 3.30. The average molecular weight is 475 g/mol. The van der Waals surface area contributed by atoms with Crippen molar-refractivity contribution in [2.45, 2.75) is 24.7 Å². The van der Waals surface area contributed by atoms with Crippen LogP contribution in [0.2, 0.25) is 0 Å². The van der Waals surface area contributed by atoms with Crippen molar-refractivity contribution >= 4 is 32.7 Å². The van der Waals surface area contributed by atoms with Crippen LogP contribution < -0.4 is 5.32 Å². The molecule has 0 aliphatic carbocycles. The smallest absolute Gasteiger partial charge is 0.243 e. The topological polar surface area (TPSA) is 95.2 Å². The van der Waals surface area contributed by atoms with Crippen molar-refractivity contribution in [3.8, 4) is 11.4 Å². The Labute approximate surface area is 198 Å². The predicted molar refractivity (Wildman–Crippen MR) is 133 cm³/mol. The fourth-order valence-corrected chi connectivity index (χ4v) is 5.77. The first-order valence-electron chi connectivity index (χ1n) is 11.3. The summed E-state index contributed by atoms with van der Waals surface area (Å²) in [7, 11) is -3.67. The molecule has 0 spiro atoms. The minimum atomic E-state index is -3.67. The molecule has 174 valence electrons. The van der Waals surface area contributed by atoms with E-state index in [1.165, 1.54) is 4.31 Å². The van der Waals surface area contributed by atoms with Crippen LogP contribution in [0, 0.1) is 12.8 Å². The van der Waals surface area contributed by atoms with Gasteiger partial charge >= 0.3 is 0 Å². The van der Waals surface area contributed by atoms with Crippen LogP contribution in [0.4, 0.5) is 5.69 Å². The van der Waals surface area contributed by atoms with Crippen molar-refractivity contribution in [1.29, 1.82) is 0 Å². The highest BCUT2D eigenvalue weighted by atomic mass is 32.2. The van der Waals surface area contributed by atoms with Gasteiger partial charge in [0.2, 0.25) is 15.9 Å². The van der Waals surface area contributed by atoms with E-state index in [2.05, 4.69) is 15.3 Å². The third-order valence-electron chi connectivity index (χ3n) is 6.28. The summed E-state index contributed by atoms with van der Waals surface area (Å²) in [6, 6.07) is 22.3. The number of anilines is 1. The van der Waals surface area contributed by atoms with E-state index in [0.717, 1.165) is 16.8 Å². The molecule has 5 rings (SSSR count). The first-order valence-corrected chi connectivity index (χ1v) is 12.8. The Kier molecular flexibility index (Phi) is 5.93. The molecule has 1 amide bonds. The minimum absolute atomic E-state index is 0.0618. The van der Waals surface area contributed by atoms with Crippen LogP contribution in [0.25, 0.3) is 22.4 Å². The Hall–Kier alpha value is -3.49. The maximum absolute atomic E-state index is 13.3. The van der Waals surface area contributed by atoms with Gasteiger partial charge in [-0.25, -0.2) is 13.4 Å². The Morgan fingerprint density at radius 2 is 1.71 bits per heavy atom. The second kappa shape index (κ2) is 9.04. The molecular weight excluding hydrogens is 448 g/mol. The van der Waals surface area contributed by atoms with Gasteiger partial charge in [0, 0.05) is 30.3 Å². The van der Waals surface area contributed by atoms with Crippen molar-refractivity contribution in [1.82, 2.24) is 14.3 Å². The first-order chi connectivity index (χ1) is 16.4. The number of nitrogens with zero attached hydrogens (tertiary/aromatic N) is 2. The molecule has 2 heterocycles. The van der Waals surface area contributed by atoms with Crippen molar-refractivity contribution < 1.29 is 13.2 Å². The third kappa shape index (κ3) is 4.47. The number of hydrogen-bond acceptors (Lipinski definition) is 4. The Bertz CT molecular complexity index is 1420. The highest BCUT2D eigenvalue weighted by Crippen LogP contribution is 2.28. The quantitative estimate of drug-likeness (QED) is 0.443. The molecule has 1 aliphatic rings. The van der Waals surface area contributed by atoms with Crippen molar-refractivity contribution in [3.63, 3.8) is 0 Å². The lowest BCUT2D eigenvalue weighted by molar-refractivity contribution is -0.120. The lowest BCUT2D eigenvalue weighted by Gasteiger charge is -2.30. The monoisotopic (exact) mass is 474 g/mol. The molecular formula is C26H26N4O3S. The molecule has 8 heteroatoms. The van der Waals surface area contributed by atoms with Gasteiger partial charge in [-0.2, -0.15) is 4.31 Å². The van der Waals surface area contributed by atoms with E-state index in [-0.39, 0.29) is 16.7 Å². The number of aromatic amines is 1. The molecule has 4 aromatic rings. The van der Waals surface area contributed by atoms with E-state index in [1.807, 2.05) is 61.5 Å². The lowest BCUT2D eigenvalue weighted by Crippen LogP contribution is -2.41. The van der Waals surface area contributed by atoms with E-state index in [0.29, 0.717) is 42.8 Å². The normalized spacial score (nSPS) is 15.4. The van der Waals surface area contributed by atoms with Gasteiger partial charge in [0.15, 0.2) is 0 Å². The number of aromatic nitrogens is 2. The molecule has 0 bridgehead atoms. The zero-order valence-corrected chi connectivity index (χ0v) is 19.7. The number of fused-ring (bicyclic) bond motifs is 1. The summed E-state index contributed by atoms with van der Waals surface area (Å²) >= 11 is 0. The SMILES string of the molecule is Cc1ccc(NC(=O)C2CCN(S(=O)(=O)c3ccc4nc(-c5ccccc5)[nH]c4c3)CC2)cc1. The van der Waals surface area contributed by atoms with E-state index in [9.17, 15) is 13.2 Å². The Balaban J connectivity index is 1.28. The molecule has 1 aliphatic heterocycles. The molecule has 3 aromatic carbocycles. The lowest BCUT2D eigenvalue weighted by atomic mass is 9.97. The molecule has 1 aromatic heterocycles. The molecule has 0 saturated carbocycles. The number of imidazole rings is 1. The van der Waals surface area contributed by atoms with Gasteiger partial charge in [0.1, 0.15) is 5.82 Å². The summed E-state index contributed by atoms with van der Waals surface area (Å²) in [5.41, 5.74) is 4.21. The van der Waals surface area contributed by atoms with E-state index in [1.54, 1.807) is 18.2 Å². The third-order valence-corrected chi connectivity index (χ3v) is 8.18. The number of H-pyrrole nitrogens is 1. The number of amides is 1. The predicted octanol–water partition coefficient (Wildman–Crippen LogP) is 4.58. The summed E-state index contributed by atoms with van der Waals surface area (Å²) in [6.45, 7) is 2.61.